The molecule has 1 aliphatic heterocycles. The molecule has 0 bridgehead atoms. The van der Waals surface area contributed by atoms with Gasteiger partial charge in [-0.3, -0.25) is 4.79 Å². The van der Waals surface area contributed by atoms with Crippen molar-refractivity contribution in [1.82, 2.24) is 9.78 Å². The van der Waals surface area contributed by atoms with Crippen molar-refractivity contribution in [2.24, 2.45) is 0 Å². The van der Waals surface area contributed by atoms with Gasteiger partial charge in [0.05, 0.1) is 7.11 Å². The third kappa shape index (κ3) is 3.43. The number of nitrogens with zero attached hydrogens (tertiary/aromatic N) is 2. The number of esters is 1. The average molecular weight is 298 g/mol. The van der Waals surface area contributed by atoms with Gasteiger partial charge in [0.15, 0.2) is 5.82 Å². The maximum Gasteiger partial charge on any atom is 0.345 e. The van der Waals surface area contributed by atoms with E-state index in [0.717, 1.165) is 17.5 Å². The molecule has 1 aromatic rings. The number of carbonyl (C=O) groups is 2. The standard InChI is InChI=1S/C12H18N4O5/c1-20-12(19)9-10(13)16(6-8(17)18)15-11(9)14-7-2-4-21-5-3-7/h7H,2-6,13H2,1H3,(H,14,15)(H,17,18). The molecule has 0 aliphatic carbocycles. The highest BCUT2D eigenvalue weighted by molar-refractivity contribution is 5.99. The van der Waals surface area contributed by atoms with E-state index in [4.69, 9.17) is 15.6 Å². The molecule has 9 nitrogen and oxygen atoms in total. The Labute approximate surface area is 121 Å². The second kappa shape index (κ2) is 6.44. The van der Waals surface area contributed by atoms with Crippen LogP contribution in [0.3, 0.4) is 0 Å². The molecule has 9 heteroatoms. The Bertz CT molecular complexity index is 536. The van der Waals surface area contributed by atoms with Gasteiger partial charge in [0, 0.05) is 19.3 Å². The quantitative estimate of drug-likeness (QED) is 0.644. The number of rotatable bonds is 5. The van der Waals surface area contributed by atoms with Crippen molar-refractivity contribution in [1.29, 1.82) is 0 Å². The Morgan fingerprint density at radius 1 is 1.52 bits per heavy atom. The molecular formula is C12H18N4O5. The van der Waals surface area contributed by atoms with Gasteiger partial charge in [-0.25, -0.2) is 9.48 Å². The van der Waals surface area contributed by atoms with E-state index >= 15 is 0 Å². The van der Waals surface area contributed by atoms with Crippen molar-refractivity contribution in [3.05, 3.63) is 5.56 Å². The summed E-state index contributed by atoms with van der Waals surface area (Å²) in [7, 11) is 1.23. The lowest BCUT2D eigenvalue weighted by Gasteiger charge is -2.23. The molecule has 0 amide bonds. The summed E-state index contributed by atoms with van der Waals surface area (Å²) >= 11 is 0. The largest absolute Gasteiger partial charge is 0.480 e. The summed E-state index contributed by atoms with van der Waals surface area (Å²) in [5.41, 5.74) is 5.87. The van der Waals surface area contributed by atoms with E-state index < -0.39 is 18.5 Å². The van der Waals surface area contributed by atoms with E-state index in [-0.39, 0.29) is 23.2 Å². The molecule has 0 atom stereocenters. The minimum absolute atomic E-state index is 0.0289. The number of anilines is 2. The number of nitrogen functional groups attached to an aromatic ring is 1. The molecule has 0 aromatic carbocycles. The van der Waals surface area contributed by atoms with Crippen molar-refractivity contribution in [2.75, 3.05) is 31.4 Å². The minimum atomic E-state index is -1.10. The van der Waals surface area contributed by atoms with Gasteiger partial charge in [0.2, 0.25) is 0 Å². The van der Waals surface area contributed by atoms with Crippen LogP contribution in [0.2, 0.25) is 0 Å². The SMILES string of the molecule is COC(=O)c1c(NC2CCOCC2)nn(CC(=O)O)c1N. The number of ether oxygens (including phenoxy) is 2. The van der Waals surface area contributed by atoms with Crippen LogP contribution in [0.1, 0.15) is 23.2 Å². The van der Waals surface area contributed by atoms with Crippen molar-refractivity contribution in [2.45, 2.75) is 25.4 Å². The summed E-state index contributed by atoms with van der Waals surface area (Å²) in [5, 5.41) is 16.0. The number of carboxylic acid groups (broad SMARTS) is 1. The van der Waals surface area contributed by atoms with Gasteiger partial charge >= 0.3 is 11.9 Å². The lowest BCUT2D eigenvalue weighted by Crippen LogP contribution is -2.28. The van der Waals surface area contributed by atoms with Gasteiger partial charge in [-0.15, -0.1) is 0 Å². The Balaban J connectivity index is 2.28. The lowest BCUT2D eigenvalue weighted by molar-refractivity contribution is -0.137. The first-order chi connectivity index (χ1) is 10.0. The topological polar surface area (TPSA) is 129 Å². The van der Waals surface area contributed by atoms with Gasteiger partial charge in [-0.2, -0.15) is 5.10 Å². The first kappa shape index (κ1) is 15.1. The summed E-state index contributed by atoms with van der Waals surface area (Å²) in [4.78, 5) is 22.6. The first-order valence-corrected chi connectivity index (χ1v) is 6.53. The van der Waals surface area contributed by atoms with Crippen LogP contribution in [0.5, 0.6) is 0 Å². The maximum absolute atomic E-state index is 11.8. The number of hydrogen-bond donors (Lipinski definition) is 3. The molecule has 0 unspecified atom stereocenters. The van der Waals surface area contributed by atoms with E-state index in [1.165, 1.54) is 7.11 Å². The molecule has 116 valence electrons. The van der Waals surface area contributed by atoms with E-state index in [0.29, 0.717) is 13.2 Å². The van der Waals surface area contributed by atoms with E-state index in [1.807, 2.05) is 0 Å². The number of aliphatic carboxylic acids is 1. The summed E-state index contributed by atoms with van der Waals surface area (Å²) < 4.78 is 11.0. The van der Waals surface area contributed by atoms with Crippen molar-refractivity contribution < 1.29 is 24.2 Å². The molecular weight excluding hydrogens is 280 g/mol. The van der Waals surface area contributed by atoms with Gasteiger partial charge in [-0.1, -0.05) is 0 Å². The molecule has 0 saturated carbocycles. The molecule has 21 heavy (non-hydrogen) atoms. The lowest BCUT2D eigenvalue weighted by atomic mass is 10.1. The Kier molecular flexibility index (Phi) is 4.63. The smallest absolute Gasteiger partial charge is 0.345 e. The Morgan fingerprint density at radius 2 is 2.19 bits per heavy atom. The number of hydrogen-bond acceptors (Lipinski definition) is 7. The number of carbonyl (C=O) groups excluding carboxylic acids is 1. The van der Waals surface area contributed by atoms with Crippen LogP contribution in [-0.2, 0) is 20.8 Å². The molecule has 4 N–H and O–H groups in total. The average Bonchev–Trinajstić information content (AvgIpc) is 2.75. The molecule has 1 saturated heterocycles. The fourth-order valence-corrected chi connectivity index (χ4v) is 2.16. The zero-order valence-corrected chi connectivity index (χ0v) is 11.7. The van der Waals surface area contributed by atoms with Crippen molar-refractivity contribution in [3.63, 3.8) is 0 Å². The highest BCUT2D eigenvalue weighted by Crippen LogP contribution is 2.25. The minimum Gasteiger partial charge on any atom is -0.480 e. The predicted octanol–water partition coefficient (Wildman–Crippen LogP) is -0.0726. The monoisotopic (exact) mass is 298 g/mol. The first-order valence-electron chi connectivity index (χ1n) is 6.53. The summed E-state index contributed by atoms with van der Waals surface area (Å²) in [5.74, 6) is -1.54. The number of methoxy groups -OCH3 is 1. The number of nitrogens with two attached hydrogens (primary N) is 1. The highest BCUT2D eigenvalue weighted by atomic mass is 16.5. The van der Waals surface area contributed by atoms with E-state index in [2.05, 4.69) is 15.2 Å². The van der Waals surface area contributed by atoms with Crippen LogP contribution >= 0.6 is 0 Å². The number of carboxylic acids is 1. The summed E-state index contributed by atoms with van der Waals surface area (Å²) in [6.07, 6.45) is 1.54. The van der Waals surface area contributed by atoms with Crippen LogP contribution in [0, 0.1) is 0 Å². The van der Waals surface area contributed by atoms with Crippen LogP contribution in [0.4, 0.5) is 11.6 Å². The van der Waals surface area contributed by atoms with Gasteiger partial charge in [0.25, 0.3) is 0 Å². The van der Waals surface area contributed by atoms with E-state index in [9.17, 15) is 9.59 Å². The Hall–Kier alpha value is -2.29. The zero-order chi connectivity index (χ0) is 15.4. The van der Waals surface area contributed by atoms with Crippen LogP contribution in [-0.4, -0.2) is 53.2 Å². The molecule has 2 heterocycles. The third-order valence-electron chi connectivity index (χ3n) is 3.23. The Morgan fingerprint density at radius 3 is 2.76 bits per heavy atom. The fraction of sp³-hybridized carbons (Fsp3) is 0.583. The van der Waals surface area contributed by atoms with Gasteiger partial charge < -0.3 is 25.6 Å². The van der Waals surface area contributed by atoms with Crippen LogP contribution in [0.15, 0.2) is 0 Å². The molecule has 1 aliphatic rings. The second-order valence-electron chi connectivity index (χ2n) is 4.68. The van der Waals surface area contributed by atoms with Gasteiger partial charge in [0.1, 0.15) is 17.9 Å². The second-order valence-corrected chi connectivity index (χ2v) is 4.68. The van der Waals surface area contributed by atoms with Crippen LogP contribution < -0.4 is 11.1 Å². The number of aromatic nitrogens is 2. The molecule has 1 aromatic heterocycles. The maximum atomic E-state index is 11.8. The molecule has 2 rings (SSSR count). The summed E-state index contributed by atoms with van der Waals surface area (Å²) in [6.45, 7) is 0.818. The van der Waals surface area contributed by atoms with Gasteiger partial charge in [-0.05, 0) is 12.8 Å². The fourth-order valence-electron chi connectivity index (χ4n) is 2.16. The predicted molar refractivity (Wildman–Crippen MR) is 73.1 cm³/mol. The highest BCUT2D eigenvalue weighted by Gasteiger charge is 2.26. The molecule has 0 radical (unpaired) electrons. The normalized spacial score (nSPS) is 15.7. The number of nitrogens with one attached hydrogen (secondary N) is 1. The third-order valence-corrected chi connectivity index (χ3v) is 3.23. The molecule has 1 fully saturated rings. The van der Waals surface area contributed by atoms with E-state index in [1.54, 1.807) is 0 Å². The van der Waals surface area contributed by atoms with Crippen molar-refractivity contribution in [3.8, 4) is 0 Å². The zero-order valence-electron chi connectivity index (χ0n) is 11.7. The summed E-state index contributed by atoms with van der Waals surface area (Å²) in [6, 6.07) is 0.0923. The van der Waals surface area contributed by atoms with Crippen molar-refractivity contribution >= 4 is 23.6 Å². The van der Waals surface area contributed by atoms with Crippen LogP contribution in [0.25, 0.3) is 0 Å². The molecule has 0 spiro atoms.